The summed E-state index contributed by atoms with van der Waals surface area (Å²) < 4.78 is 15.3. The Hall–Kier alpha value is -3.98. The zero-order valence-corrected chi connectivity index (χ0v) is 18.5. The lowest BCUT2D eigenvalue weighted by atomic mass is 10.2. The van der Waals surface area contributed by atoms with Crippen LogP contribution in [0, 0.1) is 5.82 Å². The lowest BCUT2D eigenvalue weighted by molar-refractivity contribution is -0.113. The molecule has 7 nitrogen and oxygen atoms in total. The van der Waals surface area contributed by atoms with E-state index in [2.05, 4.69) is 20.8 Å². The van der Waals surface area contributed by atoms with Crippen LogP contribution in [0.3, 0.4) is 0 Å². The van der Waals surface area contributed by atoms with Gasteiger partial charge in [-0.25, -0.2) is 4.39 Å². The van der Waals surface area contributed by atoms with E-state index in [9.17, 15) is 14.0 Å². The molecule has 0 radical (unpaired) electrons. The minimum Gasteiger partial charge on any atom is -0.355 e. The third kappa shape index (κ3) is 5.27. The Balaban J connectivity index is 1.52. The number of hydrogen-bond acceptors (Lipinski definition) is 5. The first-order valence-electron chi connectivity index (χ1n) is 10.1. The van der Waals surface area contributed by atoms with Gasteiger partial charge in [0.2, 0.25) is 5.91 Å². The molecule has 2 amide bonds. The Kier molecular flexibility index (Phi) is 6.80. The first-order chi connectivity index (χ1) is 16.0. The van der Waals surface area contributed by atoms with Crippen LogP contribution in [0.4, 0.5) is 10.1 Å². The van der Waals surface area contributed by atoms with Gasteiger partial charge in [0.05, 0.1) is 5.75 Å². The number of thioether (sulfide) groups is 1. The van der Waals surface area contributed by atoms with Crippen LogP contribution in [-0.2, 0) is 4.79 Å². The minimum atomic E-state index is -0.343. The van der Waals surface area contributed by atoms with Gasteiger partial charge in [0.1, 0.15) is 5.82 Å². The Morgan fingerprint density at radius 1 is 0.939 bits per heavy atom. The first kappa shape index (κ1) is 22.2. The summed E-state index contributed by atoms with van der Waals surface area (Å²) >= 11 is 1.22. The molecule has 0 spiro atoms. The monoisotopic (exact) mass is 461 g/mol. The van der Waals surface area contributed by atoms with Crippen LogP contribution in [0.25, 0.3) is 17.1 Å². The molecule has 9 heteroatoms. The largest absolute Gasteiger partial charge is 0.355 e. The molecule has 4 rings (SSSR count). The highest BCUT2D eigenvalue weighted by molar-refractivity contribution is 7.99. The van der Waals surface area contributed by atoms with Gasteiger partial charge in [0.25, 0.3) is 5.91 Å². The summed E-state index contributed by atoms with van der Waals surface area (Å²) in [5, 5.41) is 14.4. The zero-order valence-electron chi connectivity index (χ0n) is 17.7. The average molecular weight is 462 g/mol. The summed E-state index contributed by atoms with van der Waals surface area (Å²) in [5.41, 5.74) is 2.62. The zero-order chi connectivity index (χ0) is 23.2. The van der Waals surface area contributed by atoms with E-state index >= 15 is 0 Å². The molecule has 166 valence electrons. The Bertz CT molecular complexity index is 1260. The number of aromatic nitrogens is 3. The van der Waals surface area contributed by atoms with Gasteiger partial charge in [0, 0.05) is 29.5 Å². The Morgan fingerprint density at radius 2 is 1.64 bits per heavy atom. The second kappa shape index (κ2) is 10.1. The van der Waals surface area contributed by atoms with Gasteiger partial charge in [-0.2, -0.15) is 0 Å². The summed E-state index contributed by atoms with van der Waals surface area (Å²) in [4.78, 5) is 24.2. The Labute approximate surface area is 194 Å². The Morgan fingerprint density at radius 3 is 2.30 bits per heavy atom. The number of halogens is 1. The molecule has 33 heavy (non-hydrogen) atoms. The highest BCUT2D eigenvalue weighted by Gasteiger charge is 2.17. The molecule has 0 fully saturated rings. The number of carbonyl (C=O) groups is 2. The second-order valence-electron chi connectivity index (χ2n) is 6.98. The minimum absolute atomic E-state index is 0.0886. The van der Waals surface area contributed by atoms with Crippen molar-refractivity contribution in [2.24, 2.45) is 0 Å². The second-order valence-corrected chi connectivity index (χ2v) is 7.92. The van der Waals surface area contributed by atoms with Crippen LogP contribution in [0.2, 0.25) is 0 Å². The third-order valence-electron chi connectivity index (χ3n) is 4.74. The van der Waals surface area contributed by atoms with Gasteiger partial charge in [-0.15, -0.1) is 10.2 Å². The highest BCUT2D eigenvalue weighted by atomic mass is 32.2. The van der Waals surface area contributed by atoms with E-state index in [0.29, 0.717) is 27.9 Å². The summed E-state index contributed by atoms with van der Waals surface area (Å²) in [7, 11) is 1.56. The normalized spacial score (nSPS) is 10.6. The predicted molar refractivity (Wildman–Crippen MR) is 126 cm³/mol. The molecule has 0 aliphatic carbocycles. The van der Waals surface area contributed by atoms with Crippen molar-refractivity contribution < 1.29 is 14.0 Å². The van der Waals surface area contributed by atoms with Gasteiger partial charge in [-0.3, -0.25) is 14.2 Å². The molecule has 0 atom stereocenters. The average Bonchev–Trinajstić information content (AvgIpc) is 3.28. The van der Waals surface area contributed by atoms with E-state index < -0.39 is 0 Å². The van der Waals surface area contributed by atoms with Crippen LogP contribution in [0.1, 0.15) is 10.4 Å². The maximum atomic E-state index is 13.5. The van der Waals surface area contributed by atoms with Crippen molar-refractivity contribution in [3.63, 3.8) is 0 Å². The van der Waals surface area contributed by atoms with E-state index in [0.717, 1.165) is 5.56 Å². The van der Waals surface area contributed by atoms with Gasteiger partial charge >= 0.3 is 0 Å². The van der Waals surface area contributed by atoms with Crippen molar-refractivity contribution in [3.05, 3.63) is 90.2 Å². The highest BCUT2D eigenvalue weighted by Crippen LogP contribution is 2.28. The van der Waals surface area contributed by atoms with E-state index in [1.54, 1.807) is 48.0 Å². The molecule has 1 heterocycles. The predicted octanol–water partition coefficient (Wildman–Crippen LogP) is 4.16. The van der Waals surface area contributed by atoms with Crippen LogP contribution in [0.5, 0.6) is 0 Å². The quantitative estimate of drug-likeness (QED) is 0.404. The molecule has 0 saturated heterocycles. The van der Waals surface area contributed by atoms with Gasteiger partial charge in [-0.1, -0.05) is 42.1 Å². The maximum Gasteiger partial charge on any atom is 0.251 e. The SMILES string of the molecule is CNC(=O)c1ccc(NC(=O)CSc2nnc(-c3ccccc3)n2-c2ccc(F)cc2)cc1. The number of amides is 2. The lowest BCUT2D eigenvalue weighted by Gasteiger charge is -2.11. The van der Waals surface area contributed by atoms with Crippen molar-refractivity contribution in [1.82, 2.24) is 20.1 Å². The van der Waals surface area contributed by atoms with Crippen molar-refractivity contribution in [2.45, 2.75) is 5.16 Å². The molecule has 0 aliphatic heterocycles. The molecule has 0 saturated carbocycles. The van der Waals surface area contributed by atoms with Crippen LogP contribution < -0.4 is 10.6 Å². The number of rotatable bonds is 7. The fourth-order valence-corrected chi connectivity index (χ4v) is 3.89. The fourth-order valence-electron chi connectivity index (χ4n) is 3.14. The number of nitrogens with zero attached hydrogens (tertiary/aromatic N) is 3. The molecule has 0 aliphatic rings. The molecule has 0 unspecified atom stereocenters. The first-order valence-corrected chi connectivity index (χ1v) is 11.1. The summed E-state index contributed by atoms with van der Waals surface area (Å²) in [6.45, 7) is 0. The molecular weight excluding hydrogens is 441 g/mol. The fraction of sp³-hybridized carbons (Fsp3) is 0.0833. The topological polar surface area (TPSA) is 88.9 Å². The van der Waals surface area contributed by atoms with Crippen molar-refractivity contribution >= 4 is 29.3 Å². The summed E-state index contributed by atoms with van der Waals surface area (Å²) in [6.07, 6.45) is 0. The molecule has 0 bridgehead atoms. The van der Waals surface area contributed by atoms with Crippen LogP contribution in [0.15, 0.2) is 84.0 Å². The van der Waals surface area contributed by atoms with Crippen LogP contribution in [-0.4, -0.2) is 39.4 Å². The van der Waals surface area contributed by atoms with E-state index in [1.165, 1.54) is 23.9 Å². The molecular formula is C24H20FN5O2S. The number of benzene rings is 3. The molecule has 3 aromatic carbocycles. The summed E-state index contributed by atoms with van der Waals surface area (Å²) in [5.74, 6) is -0.0925. The molecule has 1 aromatic heterocycles. The lowest BCUT2D eigenvalue weighted by Crippen LogP contribution is -2.18. The van der Waals surface area contributed by atoms with E-state index in [4.69, 9.17) is 0 Å². The number of anilines is 1. The van der Waals surface area contributed by atoms with E-state index in [-0.39, 0.29) is 23.4 Å². The number of nitrogens with one attached hydrogen (secondary N) is 2. The van der Waals surface area contributed by atoms with Crippen LogP contribution >= 0.6 is 11.8 Å². The van der Waals surface area contributed by atoms with Crippen molar-refractivity contribution in [1.29, 1.82) is 0 Å². The number of carbonyl (C=O) groups excluding carboxylic acids is 2. The van der Waals surface area contributed by atoms with Gasteiger partial charge in [-0.05, 0) is 48.5 Å². The summed E-state index contributed by atoms with van der Waals surface area (Å²) in [6, 6.07) is 22.2. The number of hydrogen-bond donors (Lipinski definition) is 2. The van der Waals surface area contributed by atoms with Gasteiger partial charge in [0.15, 0.2) is 11.0 Å². The molecule has 4 aromatic rings. The maximum absolute atomic E-state index is 13.5. The van der Waals surface area contributed by atoms with Crippen molar-refractivity contribution in [2.75, 3.05) is 18.1 Å². The standard InChI is InChI=1S/C24H20FN5O2S/c1-26-23(32)17-7-11-19(12-8-17)27-21(31)15-33-24-29-28-22(16-5-3-2-4-6-16)30(24)20-13-9-18(25)10-14-20/h2-14H,15H2,1H3,(H,26,32)(H,27,31). The smallest absolute Gasteiger partial charge is 0.251 e. The molecule has 2 N–H and O–H groups in total. The van der Waals surface area contributed by atoms with E-state index in [1.807, 2.05) is 30.3 Å². The van der Waals surface area contributed by atoms with Crippen molar-refractivity contribution in [3.8, 4) is 17.1 Å². The third-order valence-corrected chi connectivity index (χ3v) is 5.67. The van der Waals surface area contributed by atoms with Gasteiger partial charge < -0.3 is 10.6 Å².